The van der Waals surface area contributed by atoms with Gasteiger partial charge in [-0.3, -0.25) is 9.03 Å². The highest BCUT2D eigenvalue weighted by Crippen LogP contribution is 2.32. The summed E-state index contributed by atoms with van der Waals surface area (Å²) in [6, 6.07) is 14.7. The van der Waals surface area contributed by atoms with Crippen LogP contribution in [0.3, 0.4) is 0 Å². The van der Waals surface area contributed by atoms with E-state index in [9.17, 15) is 8.42 Å². The number of likely N-dealkylation sites (N-methyl/N-ethyl adjacent to an activating group) is 1. The Bertz CT molecular complexity index is 932. The quantitative estimate of drug-likeness (QED) is 0.432. The van der Waals surface area contributed by atoms with Crippen molar-refractivity contribution in [1.82, 2.24) is 4.90 Å². The van der Waals surface area contributed by atoms with Gasteiger partial charge in [0.05, 0.1) is 18.0 Å². The third-order valence-corrected chi connectivity index (χ3v) is 6.53. The van der Waals surface area contributed by atoms with Gasteiger partial charge >= 0.3 is 10.2 Å². The summed E-state index contributed by atoms with van der Waals surface area (Å²) in [6.07, 6.45) is 5.56. The molecule has 1 heterocycles. The second-order valence-corrected chi connectivity index (χ2v) is 9.14. The summed E-state index contributed by atoms with van der Waals surface area (Å²) >= 11 is 0. The number of rotatable bonds is 11. The summed E-state index contributed by atoms with van der Waals surface area (Å²) in [5.41, 5.74) is 2.29. The van der Waals surface area contributed by atoms with Crippen LogP contribution in [0.25, 0.3) is 0 Å². The van der Waals surface area contributed by atoms with E-state index in [2.05, 4.69) is 23.2 Å². The molecule has 0 saturated heterocycles. The number of unbranched alkanes of at least 4 members (excludes halogenated alkanes) is 1. The summed E-state index contributed by atoms with van der Waals surface area (Å²) < 4.78 is 35.9. The average molecular weight is 430 g/mol. The zero-order valence-electron chi connectivity index (χ0n) is 17.6. The molecule has 0 saturated carbocycles. The van der Waals surface area contributed by atoms with E-state index in [1.165, 1.54) is 4.31 Å². The van der Waals surface area contributed by atoms with Crippen molar-refractivity contribution in [2.24, 2.45) is 0 Å². The summed E-state index contributed by atoms with van der Waals surface area (Å²) in [5, 5.41) is 0. The monoisotopic (exact) mass is 429 g/mol. The minimum atomic E-state index is -3.67. The first-order valence-electron chi connectivity index (χ1n) is 10.4. The number of nitrogens with zero attached hydrogens (tertiary/aromatic N) is 2. The number of aryl methyl sites for hydroxylation is 1. The van der Waals surface area contributed by atoms with Crippen molar-refractivity contribution < 1.29 is 13.2 Å². The van der Waals surface area contributed by atoms with Gasteiger partial charge in [0.15, 0.2) is 0 Å². The van der Waals surface area contributed by atoms with Crippen LogP contribution in [0.4, 0.5) is 11.4 Å². The van der Waals surface area contributed by atoms with Gasteiger partial charge in [0.1, 0.15) is 5.75 Å². The number of hydrogen-bond donors (Lipinski definition) is 1. The fourth-order valence-corrected chi connectivity index (χ4v) is 4.92. The predicted molar refractivity (Wildman–Crippen MR) is 124 cm³/mol. The van der Waals surface area contributed by atoms with Crippen molar-refractivity contribution in [3.8, 4) is 5.75 Å². The van der Waals surface area contributed by atoms with Gasteiger partial charge in [0.25, 0.3) is 0 Å². The topological polar surface area (TPSA) is 61.9 Å². The number of benzene rings is 2. The Morgan fingerprint density at radius 2 is 2.00 bits per heavy atom. The first-order chi connectivity index (χ1) is 14.5. The Morgan fingerprint density at radius 3 is 2.77 bits per heavy atom. The zero-order chi connectivity index (χ0) is 21.4. The summed E-state index contributed by atoms with van der Waals surface area (Å²) in [6.45, 7) is 6.77. The lowest BCUT2D eigenvalue weighted by Crippen LogP contribution is -2.39. The van der Waals surface area contributed by atoms with Crippen LogP contribution in [-0.2, 0) is 16.6 Å². The smallest absolute Gasteiger partial charge is 0.323 e. The van der Waals surface area contributed by atoms with Gasteiger partial charge in [-0.2, -0.15) is 8.42 Å². The number of para-hydroxylation sites is 1. The Morgan fingerprint density at radius 1 is 1.20 bits per heavy atom. The van der Waals surface area contributed by atoms with E-state index in [-0.39, 0.29) is 0 Å². The molecule has 0 atom stereocenters. The Balaban J connectivity index is 1.60. The maximum Gasteiger partial charge on any atom is 0.323 e. The van der Waals surface area contributed by atoms with E-state index < -0.39 is 10.2 Å². The summed E-state index contributed by atoms with van der Waals surface area (Å²) in [7, 11) is -1.59. The molecule has 0 aliphatic carbocycles. The van der Waals surface area contributed by atoms with E-state index in [4.69, 9.17) is 4.74 Å². The van der Waals surface area contributed by atoms with Crippen molar-refractivity contribution in [2.45, 2.75) is 25.7 Å². The highest BCUT2D eigenvalue weighted by atomic mass is 32.2. The van der Waals surface area contributed by atoms with Gasteiger partial charge in [-0.1, -0.05) is 24.3 Å². The Hall–Kier alpha value is -2.51. The maximum absolute atomic E-state index is 12.9. The fraction of sp³-hybridized carbons (Fsp3) is 0.391. The highest BCUT2D eigenvalue weighted by molar-refractivity contribution is 7.94. The fourth-order valence-electron chi connectivity index (χ4n) is 3.57. The average Bonchev–Trinajstić information content (AvgIpc) is 2.73. The van der Waals surface area contributed by atoms with Gasteiger partial charge in [-0.15, -0.1) is 6.58 Å². The van der Waals surface area contributed by atoms with Crippen molar-refractivity contribution in [1.29, 1.82) is 0 Å². The molecule has 0 fully saturated rings. The molecule has 1 N–H and O–H groups in total. The first kappa shape index (κ1) is 22.2. The molecule has 0 amide bonds. The number of anilines is 2. The molecule has 2 aromatic carbocycles. The van der Waals surface area contributed by atoms with Crippen LogP contribution in [0.1, 0.15) is 24.8 Å². The van der Waals surface area contributed by atoms with Gasteiger partial charge in [0.2, 0.25) is 0 Å². The number of fused-ring (bicyclic) bond motifs is 1. The van der Waals surface area contributed by atoms with E-state index in [1.807, 2.05) is 42.5 Å². The SMILES string of the molecule is C=CCN(C)CCCCOc1ccc2c(c1)CCCN2S(=O)(=O)Nc1ccccc1. The third kappa shape index (κ3) is 6.00. The third-order valence-electron chi connectivity index (χ3n) is 5.08. The van der Waals surface area contributed by atoms with Crippen LogP contribution in [-0.4, -0.2) is 46.6 Å². The molecule has 0 radical (unpaired) electrons. The molecular weight excluding hydrogens is 398 g/mol. The molecule has 0 unspecified atom stereocenters. The van der Waals surface area contributed by atoms with Crippen LogP contribution in [0.2, 0.25) is 0 Å². The molecule has 0 bridgehead atoms. The number of nitrogens with one attached hydrogen (secondary N) is 1. The summed E-state index contributed by atoms with van der Waals surface area (Å²) in [5.74, 6) is 0.795. The van der Waals surface area contributed by atoms with Gasteiger partial charge in [-0.05, 0) is 75.2 Å². The molecule has 1 aliphatic rings. The molecule has 0 aromatic heterocycles. The largest absolute Gasteiger partial charge is 0.494 e. The van der Waals surface area contributed by atoms with Crippen molar-refractivity contribution >= 4 is 21.6 Å². The molecule has 30 heavy (non-hydrogen) atoms. The van der Waals surface area contributed by atoms with Crippen LogP contribution >= 0.6 is 0 Å². The lowest BCUT2D eigenvalue weighted by Gasteiger charge is -2.31. The number of ether oxygens (including phenoxy) is 1. The van der Waals surface area contributed by atoms with Crippen molar-refractivity contribution in [2.75, 3.05) is 42.3 Å². The molecule has 7 heteroatoms. The molecule has 162 valence electrons. The first-order valence-corrected chi connectivity index (χ1v) is 11.8. The molecule has 2 aromatic rings. The molecule has 6 nitrogen and oxygen atoms in total. The molecule has 1 aliphatic heterocycles. The standard InChI is InChI=1S/C23H31N3O3S/c1-3-15-25(2)16-7-8-18-29-22-13-14-23-20(19-22)10-9-17-26(23)30(27,28)24-21-11-5-4-6-12-21/h3-6,11-14,19,24H,1,7-10,15-18H2,2H3. The maximum atomic E-state index is 12.9. The van der Waals surface area contributed by atoms with E-state index in [0.717, 1.165) is 55.8 Å². The van der Waals surface area contributed by atoms with Crippen LogP contribution in [0, 0.1) is 0 Å². The normalized spacial score (nSPS) is 13.7. The Labute approximate surface area is 180 Å². The van der Waals surface area contributed by atoms with E-state index in [0.29, 0.717) is 18.8 Å². The van der Waals surface area contributed by atoms with Crippen LogP contribution < -0.4 is 13.8 Å². The highest BCUT2D eigenvalue weighted by Gasteiger charge is 2.27. The predicted octanol–water partition coefficient (Wildman–Crippen LogP) is 4.07. The van der Waals surface area contributed by atoms with Gasteiger partial charge in [-0.25, -0.2) is 0 Å². The Kier molecular flexibility index (Phi) is 7.76. The van der Waals surface area contributed by atoms with Crippen molar-refractivity contribution in [3.05, 3.63) is 66.7 Å². The van der Waals surface area contributed by atoms with Crippen LogP contribution in [0.15, 0.2) is 61.2 Å². The molecule has 3 rings (SSSR count). The second-order valence-electron chi connectivity index (χ2n) is 7.55. The minimum absolute atomic E-state index is 0.466. The number of hydrogen-bond acceptors (Lipinski definition) is 4. The van der Waals surface area contributed by atoms with Gasteiger partial charge < -0.3 is 9.64 Å². The minimum Gasteiger partial charge on any atom is -0.494 e. The van der Waals surface area contributed by atoms with Crippen LogP contribution in [0.5, 0.6) is 5.75 Å². The lowest BCUT2D eigenvalue weighted by atomic mass is 10.0. The van der Waals surface area contributed by atoms with E-state index in [1.54, 1.807) is 12.1 Å². The lowest BCUT2D eigenvalue weighted by molar-refractivity contribution is 0.287. The second kappa shape index (κ2) is 10.5. The van der Waals surface area contributed by atoms with E-state index >= 15 is 0 Å². The van der Waals surface area contributed by atoms with Gasteiger partial charge in [0, 0.05) is 13.1 Å². The molecular formula is C23H31N3O3S. The van der Waals surface area contributed by atoms with Crippen molar-refractivity contribution in [3.63, 3.8) is 0 Å². The zero-order valence-corrected chi connectivity index (χ0v) is 18.4. The molecule has 0 spiro atoms. The summed E-state index contributed by atoms with van der Waals surface area (Å²) in [4.78, 5) is 2.23.